The van der Waals surface area contributed by atoms with Crippen LogP contribution in [0.3, 0.4) is 0 Å². The average Bonchev–Trinajstić information content (AvgIpc) is 3.25. The van der Waals surface area contributed by atoms with Crippen LogP contribution < -0.4 is 5.32 Å². The van der Waals surface area contributed by atoms with Crippen molar-refractivity contribution in [2.45, 2.75) is 43.7 Å². The van der Waals surface area contributed by atoms with Crippen LogP contribution in [0.2, 0.25) is 0 Å². The van der Waals surface area contributed by atoms with Gasteiger partial charge in [0.25, 0.3) is 0 Å². The Morgan fingerprint density at radius 3 is 2.96 bits per heavy atom. The number of H-pyrrole nitrogens is 1. The van der Waals surface area contributed by atoms with E-state index in [1.54, 1.807) is 12.3 Å². The zero-order valence-electron chi connectivity index (χ0n) is 13.3. The Labute approximate surface area is 153 Å². The molecule has 1 aliphatic carbocycles. The molecular weight excluding hydrogens is 390 g/mol. The molecule has 2 aromatic rings. The summed E-state index contributed by atoms with van der Waals surface area (Å²) in [6.07, 6.45) is 9.19. The zero-order chi connectivity index (χ0) is 16.8. The number of aromatic nitrogens is 4. The standard InChI is InChI=1S/C16H20BrN5OS/c17-12-6-8-13(18-9-12)19-15(23)10-24-16-20-14(21-22-16)7-5-11-3-1-2-4-11/h6,8-9,11H,1-5,7,10H2,(H,18,19,23)(H,20,21,22). The van der Waals surface area contributed by atoms with Gasteiger partial charge >= 0.3 is 0 Å². The molecule has 2 aromatic heterocycles. The van der Waals surface area contributed by atoms with E-state index in [-0.39, 0.29) is 11.7 Å². The summed E-state index contributed by atoms with van der Waals surface area (Å²) in [5.41, 5.74) is 0. The Morgan fingerprint density at radius 1 is 1.38 bits per heavy atom. The predicted molar refractivity (Wildman–Crippen MR) is 98.0 cm³/mol. The summed E-state index contributed by atoms with van der Waals surface area (Å²) in [5, 5.41) is 10.5. The highest BCUT2D eigenvalue weighted by Gasteiger charge is 2.16. The number of rotatable bonds is 7. The maximum Gasteiger partial charge on any atom is 0.236 e. The highest BCUT2D eigenvalue weighted by Crippen LogP contribution is 2.28. The van der Waals surface area contributed by atoms with Gasteiger partial charge in [-0.1, -0.05) is 37.4 Å². The summed E-state index contributed by atoms with van der Waals surface area (Å²) < 4.78 is 0.876. The lowest BCUT2D eigenvalue weighted by Gasteiger charge is -2.05. The molecule has 0 spiro atoms. The number of carbonyl (C=O) groups is 1. The Balaban J connectivity index is 1.41. The third-order valence-corrected chi connectivity index (χ3v) is 5.42. The maximum atomic E-state index is 11.9. The number of anilines is 1. The summed E-state index contributed by atoms with van der Waals surface area (Å²) >= 11 is 4.64. The van der Waals surface area contributed by atoms with E-state index in [4.69, 9.17) is 0 Å². The summed E-state index contributed by atoms with van der Waals surface area (Å²) in [7, 11) is 0. The zero-order valence-corrected chi connectivity index (χ0v) is 15.7. The number of halogens is 1. The van der Waals surface area contributed by atoms with Gasteiger partial charge in [0.1, 0.15) is 11.6 Å². The molecule has 2 N–H and O–H groups in total. The van der Waals surface area contributed by atoms with Crippen molar-refractivity contribution >= 4 is 39.4 Å². The van der Waals surface area contributed by atoms with E-state index in [2.05, 4.69) is 41.4 Å². The number of hydrogen-bond acceptors (Lipinski definition) is 5. The van der Waals surface area contributed by atoms with Gasteiger partial charge in [0, 0.05) is 17.1 Å². The van der Waals surface area contributed by atoms with Crippen molar-refractivity contribution in [2.24, 2.45) is 5.92 Å². The molecule has 8 heteroatoms. The molecule has 24 heavy (non-hydrogen) atoms. The Morgan fingerprint density at radius 2 is 2.21 bits per heavy atom. The van der Waals surface area contributed by atoms with Crippen molar-refractivity contribution < 1.29 is 4.79 Å². The molecule has 1 amide bonds. The molecule has 1 aliphatic rings. The largest absolute Gasteiger partial charge is 0.310 e. The fourth-order valence-corrected chi connectivity index (χ4v) is 3.70. The first-order valence-electron chi connectivity index (χ1n) is 8.14. The highest BCUT2D eigenvalue weighted by molar-refractivity contribution is 9.10. The van der Waals surface area contributed by atoms with E-state index in [0.717, 1.165) is 22.6 Å². The smallest absolute Gasteiger partial charge is 0.236 e. The van der Waals surface area contributed by atoms with Crippen LogP contribution in [0.25, 0.3) is 0 Å². The number of carbonyl (C=O) groups excluding carboxylic acids is 1. The number of pyridine rings is 1. The van der Waals surface area contributed by atoms with E-state index in [1.807, 2.05) is 6.07 Å². The lowest BCUT2D eigenvalue weighted by atomic mass is 10.0. The topological polar surface area (TPSA) is 83.6 Å². The number of hydrogen-bond donors (Lipinski definition) is 2. The van der Waals surface area contributed by atoms with Crippen LogP contribution in [0.5, 0.6) is 0 Å². The molecule has 6 nitrogen and oxygen atoms in total. The van der Waals surface area contributed by atoms with Crippen molar-refractivity contribution in [3.8, 4) is 0 Å². The molecule has 0 radical (unpaired) electrons. The van der Waals surface area contributed by atoms with E-state index in [0.29, 0.717) is 11.0 Å². The number of amides is 1. The van der Waals surface area contributed by atoms with Crippen LogP contribution in [0.1, 0.15) is 37.9 Å². The minimum atomic E-state index is -0.118. The van der Waals surface area contributed by atoms with Gasteiger partial charge in [-0.15, -0.1) is 5.10 Å². The van der Waals surface area contributed by atoms with E-state index in [9.17, 15) is 4.79 Å². The molecule has 2 heterocycles. The molecule has 3 rings (SSSR count). The van der Waals surface area contributed by atoms with E-state index >= 15 is 0 Å². The first-order valence-corrected chi connectivity index (χ1v) is 9.92. The van der Waals surface area contributed by atoms with Crippen molar-refractivity contribution in [3.63, 3.8) is 0 Å². The van der Waals surface area contributed by atoms with Crippen LogP contribution in [-0.4, -0.2) is 31.8 Å². The molecule has 0 aromatic carbocycles. The fraction of sp³-hybridized carbons (Fsp3) is 0.500. The Hall–Kier alpha value is -1.41. The summed E-state index contributed by atoms with van der Waals surface area (Å²) in [6, 6.07) is 3.59. The van der Waals surface area contributed by atoms with Crippen molar-refractivity contribution in [1.82, 2.24) is 20.2 Å². The third-order valence-electron chi connectivity index (χ3n) is 4.10. The molecule has 128 valence electrons. The number of aryl methyl sites for hydroxylation is 1. The fourth-order valence-electron chi connectivity index (χ4n) is 2.85. The van der Waals surface area contributed by atoms with Gasteiger partial charge in [-0.3, -0.25) is 9.89 Å². The van der Waals surface area contributed by atoms with Gasteiger partial charge in [-0.05, 0) is 40.4 Å². The van der Waals surface area contributed by atoms with Gasteiger partial charge < -0.3 is 5.32 Å². The number of nitrogens with zero attached hydrogens (tertiary/aromatic N) is 3. The third kappa shape index (κ3) is 5.31. The van der Waals surface area contributed by atoms with Gasteiger partial charge in [0.15, 0.2) is 0 Å². The molecule has 1 saturated carbocycles. The van der Waals surface area contributed by atoms with Gasteiger partial charge in [0.05, 0.1) is 5.75 Å². The van der Waals surface area contributed by atoms with Crippen LogP contribution in [0.4, 0.5) is 5.82 Å². The van der Waals surface area contributed by atoms with Crippen LogP contribution >= 0.6 is 27.7 Å². The highest BCUT2D eigenvalue weighted by atomic mass is 79.9. The molecule has 0 atom stereocenters. The van der Waals surface area contributed by atoms with Crippen LogP contribution in [0.15, 0.2) is 28.0 Å². The number of aromatic amines is 1. The van der Waals surface area contributed by atoms with Crippen molar-refractivity contribution in [2.75, 3.05) is 11.1 Å². The van der Waals surface area contributed by atoms with Crippen molar-refractivity contribution in [3.05, 3.63) is 28.6 Å². The Kier molecular flexibility index (Phi) is 6.25. The molecular formula is C16H20BrN5OS. The lowest BCUT2D eigenvalue weighted by molar-refractivity contribution is -0.113. The monoisotopic (exact) mass is 409 g/mol. The first-order chi connectivity index (χ1) is 11.7. The number of thioether (sulfide) groups is 1. The molecule has 1 fully saturated rings. The second-order valence-electron chi connectivity index (χ2n) is 5.95. The van der Waals surface area contributed by atoms with Gasteiger partial charge in [-0.25, -0.2) is 9.97 Å². The molecule has 0 saturated heterocycles. The number of nitrogens with one attached hydrogen (secondary N) is 2. The second kappa shape index (κ2) is 8.62. The Bertz CT molecular complexity index is 669. The minimum absolute atomic E-state index is 0.118. The summed E-state index contributed by atoms with van der Waals surface area (Å²) in [5.74, 6) is 2.44. The molecule has 0 aliphatic heterocycles. The van der Waals surface area contributed by atoms with Crippen molar-refractivity contribution in [1.29, 1.82) is 0 Å². The molecule has 0 unspecified atom stereocenters. The maximum absolute atomic E-state index is 11.9. The average molecular weight is 410 g/mol. The quantitative estimate of drug-likeness (QED) is 0.679. The van der Waals surface area contributed by atoms with Crippen LogP contribution in [0, 0.1) is 5.92 Å². The normalized spacial score (nSPS) is 14.9. The van der Waals surface area contributed by atoms with E-state index in [1.165, 1.54) is 43.9 Å². The lowest BCUT2D eigenvalue weighted by Crippen LogP contribution is -2.14. The first kappa shape index (κ1) is 17.4. The van der Waals surface area contributed by atoms with Crippen LogP contribution in [-0.2, 0) is 11.2 Å². The summed E-state index contributed by atoms with van der Waals surface area (Å²) in [4.78, 5) is 20.5. The SMILES string of the molecule is O=C(CSc1n[nH]c(CCC2CCCC2)n1)Nc1ccc(Br)cn1. The second-order valence-corrected chi connectivity index (χ2v) is 7.81. The minimum Gasteiger partial charge on any atom is -0.310 e. The van der Waals surface area contributed by atoms with E-state index < -0.39 is 0 Å². The molecule has 0 bridgehead atoms. The summed E-state index contributed by atoms with van der Waals surface area (Å²) in [6.45, 7) is 0. The predicted octanol–water partition coefficient (Wildman–Crippen LogP) is 3.82. The van der Waals surface area contributed by atoms with Gasteiger partial charge in [0.2, 0.25) is 11.1 Å². The van der Waals surface area contributed by atoms with Gasteiger partial charge in [-0.2, -0.15) is 0 Å².